The van der Waals surface area contributed by atoms with Crippen LogP contribution in [0.5, 0.6) is 0 Å². The van der Waals surface area contributed by atoms with Gasteiger partial charge in [0.05, 0.1) is 5.56 Å². The molecule has 1 N–H and O–H groups in total. The summed E-state index contributed by atoms with van der Waals surface area (Å²) < 4.78 is 7.08. The van der Waals surface area contributed by atoms with Gasteiger partial charge < -0.3 is 9.84 Å². The number of aryl methyl sites for hydroxylation is 4. The third kappa shape index (κ3) is 2.85. The maximum Gasteiger partial charge on any atom is 0.257 e. The normalized spacial score (nSPS) is 10.9. The number of carbonyl (C=O) groups excluding carboxylic acids is 1. The van der Waals surface area contributed by atoms with Gasteiger partial charge in [0.2, 0.25) is 0 Å². The fourth-order valence-corrected chi connectivity index (χ4v) is 2.86. The fraction of sp³-hybridized carbons (Fsp3) is 0.263. The van der Waals surface area contributed by atoms with Gasteiger partial charge in [0.1, 0.15) is 5.76 Å². The smallest absolute Gasteiger partial charge is 0.257 e. The van der Waals surface area contributed by atoms with Crippen molar-refractivity contribution in [1.82, 2.24) is 9.72 Å². The highest BCUT2D eigenvalue weighted by molar-refractivity contribution is 6.05. The van der Waals surface area contributed by atoms with Crippen LogP contribution in [0.4, 0.5) is 5.69 Å². The number of carbonyl (C=O) groups is 1. The number of hydrogen-bond acceptors (Lipinski definition) is 3. The lowest BCUT2D eigenvalue weighted by molar-refractivity contribution is 0.102. The molecular weight excluding hydrogens is 302 g/mol. The summed E-state index contributed by atoms with van der Waals surface area (Å²) in [6.07, 6.45) is 0. The zero-order chi connectivity index (χ0) is 17.4. The van der Waals surface area contributed by atoms with Gasteiger partial charge in [-0.15, -0.1) is 0 Å². The van der Waals surface area contributed by atoms with Crippen molar-refractivity contribution >= 4 is 11.6 Å². The van der Waals surface area contributed by atoms with Gasteiger partial charge in [0, 0.05) is 23.1 Å². The first-order chi connectivity index (χ1) is 11.4. The molecule has 0 aliphatic heterocycles. The van der Waals surface area contributed by atoms with Crippen LogP contribution in [0.2, 0.25) is 0 Å². The van der Waals surface area contributed by atoms with Crippen LogP contribution < -0.4 is 5.32 Å². The van der Waals surface area contributed by atoms with E-state index >= 15 is 0 Å². The average Bonchev–Trinajstić information content (AvgIpc) is 3.06. The summed E-state index contributed by atoms with van der Waals surface area (Å²) in [6, 6.07) is 9.75. The van der Waals surface area contributed by atoms with Crippen LogP contribution in [0.25, 0.3) is 5.82 Å². The van der Waals surface area contributed by atoms with E-state index < -0.39 is 0 Å². The number of nitrogens with zero attached hydrogens (tertiary/aromatic N) is 2. The zero-order valence-electron chi connectivity index (χ0n) is 14.6. The Morgan fingerprint density at radius 3 is 2.50 bits per heavy atom. The molecule has 3 rings (SSSR count). The molecule has 1 aromatic carbocycles. The summed E-state index contributed by atoms with van der Waals surface area (Å²) in [5, 5.41) is 7.06. The number of rotatable bonds is 3. The number of hydrogen-bond donors (Lipinski definition) is 1. The highest BCUT2D eigenvalue weighted by Gasteiger charge is 2.19. The summed E-state index contributed by atoms with van der Waals surface area (Å²) in [6.45, 7) is 9.70. The van der Waals surface area contributed by atoms with Crippen LogP contribution in [0.3, 0.4) is 0 Å². The van der Waals surface area contributed by atoms with Gasteiger partial charge in [-0.2, -0.15) is 0 Å². The topological polar surface area (TPSA) is 60.1 Å². The number of nitrogens with one attached hydrogen (secondary N) is 1. The fourth-order valence-electron chi connectivity index (χ4n) is 2.86. The molecule has 0 atom stereocenters. The molecule has 0 fully saturated rings. The van der Waals surface area contributed by atoms with Crippen molar-refractivity contribution < 1.29 is 9.32 Å². The summed E-state index contributed by atoms with van der Waals surface area (Å²) in [5.74, 6) is 1.30. The van der Waals surface area contributed by atoms with E-state index in [1.807, 2.05) is 69.5 Å². The molecule has 0 saturated heterocycles. The molecule has 124 valence electrons. The van der Waals surface area contributed by atoms with Crippen molar-refractivity contribution in [3.05, 3.63) is 64.2 Å². The van der Waals surface area contributed by atoms with E-state index in [9.17, 15) is 4.79 Å². The predicted molar refractivity (Wildman–Crippen MR) is 93.9 cm³/mol. The molecule has 3 aromatic rings. The van der Waals surface area contributed by atoms with E-state index in [0.29, 0.717) is 11.4 Å². The van der Waals surface area contributed by atoms with Gasteiger partial charge in [-0.05, 0) is 57.9 Å². The van der Waals surface area contributed by atoms with Gasteiger partial charge in [-0.25, -0.2) is 0 Å². The summed E-state index contributed by atoms with van der Waals surface area (Å²) in [5.41, 5.74) is 5.39. The van der Waals surface area contributed by atoms with Gasteiger partial charge in [-0.1, -0.05) is 17.3 Å². The largest absolute Gasteiger partial charge is 0.360 e. The second kappa shape index (κ2) is 6.00. The first-order valence-corrected chi connectivity index (χ1v) is 7.88. The van der Waals surface area contributed by atoms with E-state index in [-0.39, 0.29) is 5.91 Å². The van der Waals surface area contributed by atoms with Crippen LogP contribution in [-0.2, 0) is 0 Å². The van der Waals surface area contributed by atoms with E-state index in [0.717, 1.165) is 34.0 Å². The number of benzene rings is 1. The molecule has 24 heavy (non-hydrogen) atoms. The average molecular weight is 323 g/mol. The van der Waals surface area contributed by atoms with Crippen molar-refractivity contribution in [2.75, 3.05) is 5.32 Å². The quantitative estimate of drug-likeness (QED) is 0.783. The van der Waals surface area contributed by atoms with Crippen molar-refractivity contribution in [3.63, 3.8) is 0 Å². The molecule has 5 nitrogen and oxygen atoms in total. The highest BCUT2D eigenvalue weighted by Crippen LogP contribution is 2.23. The number of amides is 1. The lowest BCUT2D eigenvalue weighted by Crippen LogP contribution is -2.14. The Kier molecular flexibility index (Phi) is 4.01. The number of aromatic nitrogens is 2. The third-order valence-corrected chi connectivity index (χ3v) is 4.16. The second-order valence-electron chi connectivity index (χ2n) is 6.19. The molecule has 0 bridgehead atoms. The zero-order valence-corrected chi connectivity index (χ0v) is 14.6. The molecule has 0 spiro atoms. The first kappa shape index (κ1) is 16.1. The molecule has 0 aliphatic carbocycles. The van der Waals surface area contributed by atoms with Crippen LogP contribution in [-0.4, -0.2) is 15.6 Å². The Hall–Kier alpha value is -2.82. The maximum atomic E-state index is 12.7. The Bertz CT molecular complexity index is 919. The molecule has 0 unspecified atom stereocenters. The van der Waals surface area contributed by atoms with Crippen molar-refractivity contribution in [3.8, 4) is 5.82 Å². The van der Waals surface area contributed by atoms with E-state index in [1.165, 1.54) is 0 Å². The molecule has 0 saturated carbocycles. The van der Waals surface area contributed by atoms with Crippen molar-refractivity contribution in [2.45, 2.75) is 34.6 Å². The highest BCUT2D eigenvalue weighted by atomic mass is 16.5. The van der Waals surface area contributed by atoms with Crippen molar-refractivity contribution in [1.29, 1.82) is 0 Å². The van der Waals surface area contributed by atoms with Gasteiger partial charge >= 0.3 is 0 Å². The van der Waals surface area contributed by atoms with Gasteiger partial charge in [0.15, 0.2) is 5.82 Å². The van der Waals surface area contributed by atoms with Gasteiger partial charge in [-0.3, -0.25) is 9.36 Å². The summed E-state index contributed by atoms with van der Waals surface area (Å²) in [4.78, 5) is 12.7. The predicted octanol–water partition coefficient (Wildman–Crippen LogP) is 4.26. The Morgan fingerprint density at radius 1 is 1.08 bits per heavy atom. The molecule has 2 heterocycles. The SMILES string of the molecule is Cc1ccc(C)c(NC(=O)c2cc(C)n(-c3cc(C)on3)c2C)c1. The minimum atomic E-state index is -0.122. The molecule has 1 amide bonds. The first-order valence-electron chi connectivity index (χ1n) is 7.88. The Morgan fingerprint density at radius 2 is 1.83 bits per heavy atom. The van der Waals surface area contributed by atoms with Crippen LogP contribution in [0.15, 0.2) is 34.9 Å². The van der Waals surface area contributed by atoms with E-state index in [4.69, 9.17) is 4.52 Å². The maximum absolute atomic E-state index is 12.7. The monoisotopic (exact) mass is 323 g/mol. The van der Waals surface area contributed by atoms with Crippen LogP contribution >= 0.6 is 0 Å². The Labute approximate surface area is 141 Å². The Balaban J connectivity index is 1.95. The lowest BCUT2D eigenvalue weighted by atomic mass is 10.1. The lowest BCUT2D eigenvalue weighted by Gasteiger charge is -2.10. The standard InChI is InChI=1S/C19H21N3O2/c1-11-6-7-12(2)17(8-11)20-19(23)16-9-13(3)22(15(16)5)18-10-14(4)24-21-18/h6-10H,1-5H3,(H,20,23). The second-order valence-corrected chi connectivity index (χ2v) is 6.19. The van der Waals surface area contributed by atoms with Gasteiger partial charge in [0.25, 0.3) is 5.91 Å². The summed E-state index contributed by atoms with van der Waals surface area (Å²) in [7, 11) is 0. The molecule has 2 aromatic heterocycles. The molecule has 0 aliphatic rings. The van der Waals surface area contributed by atoms with E-state index in [1.54, 1.807) is 0 Å². The van der Waals surface area contributed by atoms with E-state index in [2.05, 4.69) is 10.5 Å². The summed E-state index contributed by atoms with van der Waals surface area (Å²) >= 11 is 0. The minimum Gasteiger partial charge on any atom is -0.360 e. The minimum absolute atomic E-state index is 0.122. The van der Waals surface area contributed by atoms with Crippen molar-refractivity contribution in [2.24, 2.45) is 0 Å². The molecule has 0 radical (unpaired) electrons. The van der Waals surface area contributed by atoms with Crippen LogP contribution in [0.1, 0.15) is 38.6 Å². The molecular formula is C19H21N3O2. The van der Waals surface area contributed by atoms with Crippen LogP contribution in [0, 0.1) is 34.6 Å². The third-order valence-electron chi connectivity index (χ3n) is 4.16. The molecule has 5 heteroatoms. The number of anilines is 1.